The van der Waals surface area contributed by atoms with Gasteiger partial charge in [-0.1, -0.05) is 72.0 Å². The summed E-state index contributed by atoms with van der Waals surface area (Å²) >= 11 is 0.997. The number of phenolic OH excluding ortho intramolecular Hbond substituents is 1. The number of nitrogens with zero attached hydrogens (tertiary/aromatic N) is 1. The second-order valence-electron chi connectivity index (χ2n) is 9.46. The zero-order valence-electron chi connectivity index (χ0n) is 21.6. The van der Waals surface area contributed by atoms with Gasteiger partial charge in [-0.2, -0.15) is 0 Å². The summed E-state index contributed by atoms with van der Waals surface area (Å²) < 4.78 is 0.591. The van der Waals surface area contributed by atoms with E-state index in [2.05, 4.69) is 75.2 Å². The molecule has 0 saturated carbocycles. The molecule has 2 aromatic heterocycles. The fourth-order valence-corrected chi connectivity index (χ4v) is 5.59. The number of pyridine rings is 1. The molecule has 5 aromatic rings. The smallest absolute Gasteiger partial charge is 0.305 e. The number of benzene rings is 3. The predicted molar refractivity (Wildman–Crippen MR) is 157 cm³/mol. The van der Waals surface area contributed by atoms with Gasteiger partial charge >= 0.3 is 4.87 Å². The van der Waals surface area contributed by atoms with Crippen molar-refractivity contribution in [2.45, 2.75) is 25.5 Å². The Labute approximate surface area is 231 Å². The molecule has 200 valence electrons. The van der Waals surface area contributed by atoms with Crippen molar-refractivity contribution in [2.75, 3.05) is 19.6 Å². The molecule has 7 nitrogen and oxygen atoms in total. The largest absolute Gasteiger partial charge is 0.506 e. The second-order valence-corrected chi connectivity index (χ2v) is 10.4. The van der Waals surface area contributed by atoms with Crippen LogP contribution in [0.1, 0.15) is 28.5 Å². The monoisotopic (exact) mass is 540 g/mol. The number of rotatable bonds is 12. The van der Waals surface area contributed by atoms with Crippen LogP contribution in [0.15, 0.2) is 89.9 Å². The van der Waals surface area contributed by atoms with Gasteiger partial charge in [-0.05, 0) is 53.4 Å². The van der Waals surface area contributed by atoms with E-state index in [1.165, 1.54) is 28.3 Å². The quantitative estimate of drug-likeness (QED) is 0.149. The van der Waals surface area contributed by atoms with E-state index < -0.39 is 6.10 Å². The molecule has 1 atom stereocenters. The number of aromatic amines is 1. The summed E-state index contributed by atoms with van der Waals surface area (Å²) in [5.41, 5.74) is 6.99. The third-order valence-electron chi connectivity index (χ3n) is 6.76. The SMILES string of the molecule is O=c1[nH]c2c(O)ccc(C(O)CNCCc3ccc(-c4ccccc4CNCCc4ccccn4)cc3)c2s1. The normalized spacial score (nSPS) is 12.1. The maximum absolute atomic E-state index is 11.7. The fourth-order valence-electron chi connectivity index (χ4n) is 4.68. The molecule has 3 aromatic carbocycles. The summed E-state index contributed by atoms with van der Waals surface area (Å²) in [5, 5.41) is 27.5. The minimum atomic E-state index is -0.781. The zero-order valence-corrected chi connectivity index (χ0v) is 22.4. The molecule has 0 bridgehead atoms. The average molecular weight is 541 g/mol. The molecule has 0 amide bonds. The topological polar surface area (TPSA) is 110 Å². The molecule has 0 radical (unpaired) electrons. The molecule has 0 spiro atoms. The molecular formula is C31H32N4O3S. The number of phenols is 1. The van der Waals surface area contributed by atoms with Crippen molar-refractivity contribution in [3.8, 4) is 16.9 Å². The first kappa shape index (κ1) is 26.8. The maximum atomic E-state index is 11.7. The third kappa shape index (κ3) is 6.79. The van der Waals surface area contributed by atoms with Gasteiger partial charge in [0.05, 0.1) is 10.8 Å². The highest BCUT2D eigenvalue weighted by molar-refractivity contribution is 7.16. The number of hydrogen-bond donors (Lipinski definition) is 5. The van der Waals surface area contributed by atoms with Crippen LogP contribution in [0.3, 0.4) is 0 Å². The first-order valence-electron chi connectivity index (χ1n) is 13.1. The lowest BCUT2D eigenvalue weighted by molar-refractivity contribution is 0.176. The number of aromatic hydroxyl groups is 1. The summed E-state index contributed by atoms with van der Waals surface area (Å²) in [6.45, 7) is 2.72. The Bertz CT molecular complexity index is 1560. The Kier molecular flexibility index (Phi) is 8.80. The van der Waals surface area contributed by atoms with Crippen LogP contribution >= 0.6 is 11.3 Å². The number of hydrogen-bond acceptors (Lipinski definition) is 7. The fraction of sp³-hybridized carbons (Fsp3) is 0.226. The Morgan fingerprint density at radius 3 is 2.51 bits per heavy atom. The van der Waals surface area contributed by atoms with Gasteiger partial charge in [0.25, 0.3) is 0 Å². The summed E-state index contributed by atoms with van der Waals surface area (Å²) in [7, 11) is 0. The molecule has 0 fully saturated rings. The van der Waals surface area contributed by atoms with Crippen molar-refractivity contribution < 1.29 is 10.2 Å². The highest BCUT2D eigenvalue weighted by Gasteiger charge is 2.16. The molecule has 39 heavy (non-hydrogen) atoms. The van der Waals surface area contributed by atoms with Gasteiger partial charge in [0.15, 0.2) is 0 Å². The lowest BCUT2D eigenvalue weighted by Gasteiger charge is -2.14. The average Bonchev–Trinajstić information content (AvgIpc) is 3.37. The number of H-pyrrole nitrogens is 1. The zero-order chi connectivity index (χ0) is 27.0. The van der Waals surface area contributed by atoms with Crippen molar-refractivity contribution in [1.82, 2.24) is 20.6 Å². The lowest BCUT2D eigenvalue weighted by atomic mass is 9.98. The van der Waals surface area contributed by atoms with Crippen molar-refractivity contribution in [3.63, 3.8) is 0 Å². The summed E-state index contributed by atoms with van der Waals surface area (Å²) in [4.78, 5) is 18.5. The standard InChI is InChI=1S/C31H32N4O3S/c36-27-13-12-26(30-29(27)35-31(38)39-30)28(37)20-33-17-14-21-8-10-22(11-9-21)25-7-2-1-5-23(25)19-32-18-15-24-6-3-4-16-34-24/h1-13,16,28,32-33,36-37H,14-15,17-20H2,(H,35,38). The van der Waals surface area contributed by atoms with Crippen LogP contribution in [-0.4, -0.2) is 39.8 Å². The van der Waals surface area contributed by atoms with Crippen LogP contribution in [0, 0.1) is 0 Å². The summed E-state index contributed by atoms with van der Waals surface area (Å²) in [5.74, 6) is 0.00945. The Morgan fingerprint density at radius 2 is 1.69 bits per heavy atom. The molecule has 5 N–H and O–H groups in total. The van der Waals surface area contributed by atoms with E-state index in [0.29, 0.717) is 28.9 Å². The minimum absolute atomic E-state index is 0.00945. The van der Waals surface area contributed by atoms with Gasteiger partial charge in [-0.25, -0.2) is 0 Å². The summed E-state index contributed by atoms with van der Waals surface area (Å²) in [6.07, 6.45) is 2.77. The Hall–Kier alpha value is -3.82. The lowest BCUT2D eigenvalue weighted by Crippen LogP contribution is -2.23. The van der Waals surface area contributed by atoms with Crippen LogP contribution in [0.5, 0.6) is 5.75 Å². The van der Waals surface area contributed by atoms with Gasteiger partial charge in [0.2, 0.25) is 0 Å². The number of aliphatic hydroxyl groups excluding tert-OH is 1. The maximum Gasteiger partial charge on any atom is 0.305 e. The van der Waals surface area contributed by atoms with E-state index in [4.69, 9.17) is 0 Å². The highest BCUT2D eigenvalue weighted by Crippen LogP contribution is 2.31. The molecule has 8 heteroatoms. The van der Waals surface area contributed by atoms with Gasteiger partial charge < -0.3 is 25.8 Å². The highest BCUT2D eigenvalue weighted by atomic mass is 32.1. The number of aliphatic hydroxyl groups is 1. The molecule has 1 unspecified atom stereocenters. The van der Waals surface area contributed by atoms with Crippen LogP contribution in [0.25, 0.3) is 21.3 Å². The van der Waals surface area contributed by atoms with Crippen molar-refractivity contribution >= 4 is 21.6 Å². The van der Waals surface area contributed by atoms with E-state index in [-0.39, 0.29) is 10.6 Å². The van der Waals surface area contributed by atoms with Crippen LogP contribution in [0.2, 0.25) is 0 Å². The molecular weight excluding hydrogens is 508 g/mol. The Morgan fingerprint density at radius 1 is 0.897 bits per heavy atom. The molecule has 5 rings (SSSR count). The minimum Gasteiger partial charge on any atom is -0.506 e. The van der Waals surface area contributed by atoms with E-state index in [0.717, 1.165) is 43.0 Å². The first-order chi connectivity index (χ1) is 19.1. The molecule has 0 aliphatic heterocycles. The van der Waals surface area contributed by atoms with Gasteiger partial charge in [-0.3, -0.25) is 9.78 Å². The number of aromatic nitrogens is 2. The van der Waals surface area contributed by atoms with Crippen LogP contribution in [0.4, 0.5) is 0 Å². The van der Waals surface area contributed by atoms with E-state index in [9.17, 15) is 15.0 Å². The number of thiazole rings is 1. The molecule has 0 aliphatic carbocycles. The number of fused-ring (bicyclic) bond motifs is 1. The molecule has 0 aliphatic rings. The molecule has 0 saturated heterocycles. The number of nitrogens with one attached hydrogen (secondary N) is 3. The van der Waals surface area contributed by atoms with E-state index >= 15 is 0 Å². The van der Waals surface area contributed by atoms with Gasteiger partial charge in [-0.15, -0.1) is 0 Å². The van der Waals surface area contributed by atoms with E-state index in [1.807, 2.05) is 18.3 Å². The predicted octanol–water partition coefficient (Wildman–Crippen LogP) is 4.56. The van der Waals surface area contributed by atoms with Crippen LogP contribution in [-0.2, 0) is 19.4 Å². The van der Waals surface area contributed by atoms with Gasteiger partial charge in [0.1, 0.15) is 11.3 Å². The van der Waals surface area contributed by atoms with Gasteiger partial charge in [0, 0.05) is 43.5 Å². The van der Waals surface area contributed by atoms with Crippen LogP contribution < -0.4 is 15.5 Å². The second kappa shape index (κ2) is 12.8. The van der Waals surface area contributed by atoms with E-state index in [1.54, 1.807) is 6.07 Å². The Balaban J connectivity index is 1.12. The summed E-state index contributed by atoms with van der Waals surface area (Å²) in [6, 6.07) is 26.3. The molecule has 2 heterocycles. The van der Waals surface area contributed by atoms with Crippen molar-refractivity contribution in [3.05, 3.63) is 117 Å². The third-order valence-corrected chi connectivity index (χ3v) is 7.69. The van der Waals surface area contributed by atoms with Crippen molar-refractivity contribution in [2.24, 2.45) is 0 Å². The first-order valence-corrected chi connectivity index (χ1v) is 13.9. The van der Waals surface area contributed by atoms with Crippen molar-refractivity contribution in [1.29, 1.82) is 0 Å².